The average molecular weight is 186 g/mol. The van der Waals surface area contributed by atoms with E-state index in [0.29, 0.717) is 0 Å². The van der Waals surface area contributed by atoms with E-state index in [1.807, 2.05) is 0 Å². The van der Waals surface area contributed by atoms with Gasteiger partial charge >= 0.3 is 130 Å². The zero-order valence-electron chi connectivity index (χ0n) is 10.7. The van der Waals surface area contributed by atoms with Crippen LogP contribution in [0.5, 0.6) is 0 Å². The summed E-state index contributed by atoms with van der Waals surface area (Å²) in [6.45, 7) is 0. The number of aliphatic carboxylic acids is 2. The van der Waals surface area contributed by atoms with Crippen molar-refractivity contribution in [3.63, 3.8) is 0 Å². The second kappa shape index (κ2) is 17.9. The van der Waals surface area contributed by atoms with E-state index in [1.165, 1.54) is 0 Å². The maximum Gasteiger partial charge on any atom is 1.00 e. The molecule has 0 unspecified atom stereocenters. The first kappa shape index (κ1) is 29.3. The third-order valence-corrected chi connectivity index (χ3v) is 0.183. The van der Waals surface area contributed by atoms with Crippen LogP contribution in [0.1, 0.15) is 5.71 Å². The van der Waals surface area contributed by atoms with Crippen molar-refractivity contribution in [1.29, 1.82) is 0 Å². The minimum absolute atomic E-state index is 0. The number of carboxylic acid groups (broad SMARTS) is 2. The first-order chi connectivity index (χ1) is 2.64. The fourth-order valence-corrected chi connectivity index (χ4v) is 0. The molecule has 0 amide bonds. The average Bonchev–Trinajstić information content (AvgIpc) is 1.36. The van der Waals surface area contributed by atoms with Crippen LogP contribution in [0.2, 0.25) is 0 Å². The first-order valence-corrected chi connectivity index (χ1v) is 1.11. The third kappa shape index (κ3) is 22.4. The molecule has 0 heterocycles. The largest absolute Gasteiger partial charge is 1.00 e. The van der Waals surface area contributed by atoms with Crippen LogP contribution in [0.25, 0.3) is 0 Å². The second-order valence-corrected chi connectivity index (χ2v) is 0.610. The number of hydrogen-bond acceptors (Lipinski definition) is 2. The van der Waals surface area contributed by atoms with Gasteiger partial charge in [0, 0.05) is 0 Å². The second-order valence-electron chi connectivity index (χ2n) is 0.610. The normalized spacial score (nSPS) is 4.40. The van der Waals surface area contributed by atoms with E-state index in [0.717, 1.165) is 0 Å². The SMILES string of the molecule is O=C(O)C(=O)O.[H-].[H-].[H-].[H-].[Na+].[Na+].[Na+].[Na+]. The Kier molecular flexibility index (Phi) is 52.3. The van der Waals surface area contributed by atoms with Crippen molar-refractivity contribution in [2.24, 2.45) is 0 Å². The maximum atomic E-state index is 9.10. The van der Waals surface area contributed by atoms with Crippen molar-refractivity contribution < 1.29 is 144 Å². The van der Waals surface area contributed by atoms with Gasteiger partial charge < -0.3 is 15.9 Å². The van der Waals surface area contributed by atoms with Gasteiger partial charge in [0.05, 0.1) is 0 Å². The molecular formula is C2H6Na4O4. The predicted octanol–water partition coefficient (Wildman–Crippen LogP) is -12.4. The van der Waals surface area contributed by atoms with Gasteiger partial charge in [-0.25, -0.2) is 9.59 Å². The van der Waals surface area contributed by atoms with E-state index in [2.05, 4.69) is 0 Å². The molecule has 2 N–H and O–H groups in total. The van der Waals surface area contributed by atoms with Gasteiger partial charge in [-0.05, 0) is 0 Å². The van der Waals surface area contributed by atoms with Crippen LogP contribution >= 0.6 is 0 Å². The van der Waals surface area contributed by atoms with E-state index in [4.69, 9.17) is 19.8 Å². The molecule has 0 aromatic rings. The molecule has 0 bridgehead atoms. The molecule has 0 rings (SSSR count). The molecule has 0 atom stereocenters. The number of carboxylic acids is 2. The van der Waals surface area contributed by atoms with Crippen molar-refractivity contribution >= 4 is 11.9 Å². The van der Waals surface area contributed by atoms with Crippen LogP contribution in [0.4, 0.5) is 0 Å². The van der Waals surface area contributed by atoms with Crippen molar-refractivity contribution in [3.8, 4) is 0 Å². The summed E-state index contributed by atoms with van der Waals surface area (Å²) in [6, 6.07) is 0. The minimum Gasteiger partial charge on any atom is -1.00 e. The minimum atomic E-state index is -1.82. The standard InChI is InChI=1S/C2H2O4.4Na.4H/c3-1(4)2(5)6;;;;;;;;/h(H,3,4)(H,5,6);;;;;;;;/q;4*+1;4*-1. The van der Waals surface area contributed by atoms with E-state index >= 15 is 0 Å². The van der Waals surface area contributed by atoms with Gasteiger partial charge in [0.1, 0.15) is 0 Å². The molecule has 42 valence electrons. The van der Waals surface area contributed by atoms with Crippen LogP contribution in [0.3, 0.4) is 0 Å². The van der Waals surface area contributed by atoms with Crippen LogP contribution in [-0.2, 0) is 9.59 Å². The summed E-state index contributed by atoms with van der Waals surface area (Å²) in [5.41, 5.74) is 0. The summed E-state index contributed by atoms with van der Waals surface area (Å²) in [4.78, 5) is 18.2. The van der Waals surface area contributed by atoms with Gasteiger partial charge in [0.2, 0.25) is 0 Å². The van der Waals surface area contributed by atoms with E-state index in [-0.39, 0.29) is 124 Å². The molecule has 0 fully saturated rings. The summed E-state index contributed by atoms with van der Waals surface area (Å²) in [6.07, 6.45) is 0. The molecular weight excluding hydrogens is 180 g/mol. The zero-order valence-corrected chi connectivity index (χ0v) is 14.7. The molecule has 0 aliphatic carbocycles. The van der Waals surface area contributed by atoms with Crippen LogP contribution in [0.15, 0.2) is 0 Å². The Morgan fingerprint density at radius 3 is 0.900 bits per heavy atom. The molecule has 0 saturated carbocycles. The molecule has 0 radical (unpaired) electrons. The molecule has 0 aliphatic rings. The number of carbonyl (C=O) groups is 2. The van der Waals surface area contributed by atoms with Gasteiger partial charge in [-0.3, -0.25) is 0 Å². The van der Waals surface area contributed by atoms with E-state index in [9.17, 15) is 0 Å². The van der Waals surface area contributed by atoms with Crippen LogP contribution in [-0.4, -0.2) is 22.2 Å². The molecule has 0 spiro atoms. The predicted molar refractivity (Wildman–Crippen MR) is 19.7 cm³/mol. The summed E-state index contributed by atoms with van der Waals surface area (Å²) in [5, 5.41) is 14.8. The smallest absolute Gasteiger partial charge is 1.00 e. The Hall–Kier alpha value is 2.94. The van der Waals surface area contributed by atoms with Crippen molar-refractivity contribution in [2.75, 3.05) is 0 Å². The first-order valence-electron chi connectivity index (χ1n) is 1.11. The Labute approximate surface area is 153 Å². The molecule has 0 aliphatic heterocycles. The quantitative estimate of drug-likeness (QED) is 0.291. The molecule has 0 aromatic heterocycles. The van der Waals surface area contributed by atoms with Gasteiger partial charge in [-0.1, -0.05) is 0 Å². The Morgan fingerprint density at radius 2 is 0.900 bits per heavy atom. The van der Waals surface area contributed by atoms with Crippen molar-refractivity contribution in [2.45, 2.75) is 0 Å². The fourth-order valence-electron chi connectivity index (χ4n) is 0. The summed E-state index contributed by atoms with van der Waals surface area (Å²) >= 11 is 0. The van der Waals surface area contributed by atoms with Crippen LogP contribution < -0.4 is 118 Å². The number of hydrogen-bond donors (Lipinski definition) is 2. The van der Waals surface area contributed by atoms with Crippen LogP contribution in [0, 0.1) is 0 Å². The number of rotatable bonds is 0. The topological polar surface area (TPSA) is 74.6 Å². The Bertz CT molecular complexity index is 93.3. The van der Waals surface area contributed by atoms with Gasteiger partial charge in [-0.15, -0.1) is 0 Å². The molecule has 4 nitrogen and oxygen atoms in total. The molecule has 0 saturated heterocycles. The van der Waals surface area contributed by atoms with Crippen molar-refractivity contribution in [3.05, 3.63) is 0 Å². The zero-order chi connectivity index (χ0) is 5.15. The molecule has 8 heteroatoms. The summed E-state index contributed by atoms with van der Waals surface area (Å²) in [5.74, 6) is -3.65. The van der Waals surface area contributed by atoms with Gasteiger partial charge in [0.15, 0.2) is 0 Å². The Balaban J connectivity index is -0.00000000446. The molecule has 10 heavy (non-hydrogen) atoms. The van der Waals surface area contributed by atoms with E-state index in [1.54, 1.807) is 0 Å². The summed E-state index contributed by atoms with van der Waals surface area (Å²) in [7, 11) is 0. The van der Waals surface area contributed by atoms with Gasteiger partial charge in [0.25, 0.3) is 0 Å². The van der Waals surface area contributed by atoms with Crippen molar-refractivity contribution in [1.82, 2.24) is 0 Å². The monoisotopic (exact) mass is 186 g/mol. The van der Waals surface area contributed by atoms with E-state index < -0.39 is 11.9 Å². The maximum absolute atomic E-state index is 9.10. The Morgan fingerprint density at radius 1 is 0.800 bits per heavy atom. The summed E-state index contributed by atoms with van der Waals surface area (Å²) < 4.78 is 0. The third-order valence-electron chi connectivity index (χ3n) is 0.183. The van der Waals surface area contributed by atoms with Gasteiger partial charge in [-0.2, -0.15) is 0 Å². The molecule has 0 aromatic carbocycles. The fraction of sp³-hybridized carbons (Fsp3) is 0.